The second kappa shape index (κ2) is 6.72. The molecule has 2 fully saturated rings. The molecule has 1 aromatic rings. The van der Waals surface area contributed by atoms with E-state index in [4.69, 9.17) is 0 Å². The number of amides is 2. The Kier molecular flexibility index (Phi) is 4.68. The maximum atomic E-state index is 13.2. The third-order valence-corrected chi connectivity index (χ3v) is 5.11. The standard InChI is InChI=1S/C17H26N4O2/c1-14(22)19-17(8-3-2-4-9-17)16(23)20-11-5-7-15(13-20)21-12-6-10-18-21/h6,10,12,15H,2-5,7-9,11,13H2,1H3,(H,19,22)/t15-/m1/s1. The molecule has 1 saturated carbocycles. The minimum Gasteiger partial charge on any atom is -0.342 e. The molecule has 3 rings (SSSR count). The van der Waals surface area contributed by atoms with Gasteiger partial charge in [-0.25, -0.2) is 0 Å². The molecule has 0 unspecified atom stereocenters. The van der Waals surface area contributed by atoms with Crippen LogP contribution in [0.1, 0.15) is 57.9 Å². The summed E-state index contributed by atoms with van der Waals surface area (Å²) in [4.78, 5) is 26.8. The molecule has 0 bridgehead atoms. The van der Waals surface area contributed by atoms with Crippen LogP contribution < -0.4 is 5.32 Å². The van der Waals surface area contributed by atoms with Crippen molar-refractivity contribution in [3.63, 3.8) is 0 Å². The van der Waals surface area contributed by atoms with Gasteiger partial charge in [-0.3, -0.25) is 14.3 Å². The van der Waals surface area contributed by atoms with Gasteiger partial charge < -0.3 is 10.2 Å². The number of rotatable bonds is 3. The first-order chi connectivity index (χ1) is 11.1. The molecular formula is C17H26N4O2. The lowest BCUT2D eigenvalue weighted by Gasteiger charge is -2.42. The van der Waals surface area contributed by atoms with E-state index in [9.17, 15) is 9.59 Å². The minimum atomic E-state index is -0.684. The van der Waals surface area contributed by atoms with Crippen LogP contribution in [0.2, 0.25) is 0 Å². The summed E-state index contributed by atoms with van der Waals surface area (Å²) in [5.41, 5.74) is -0.684. The Morgan fingerprint density at radius 1 is 1.22 bits per heavy atom. The molecule has 1 N–H and O–H groups in total. The van der Waals surface area contributed by atoms with Crippen molar-refractivity contribution in [1.29, 1.82) is 0 Å². The van der Waals surface area contributed by atoms with Crippen LogP contribution in [0.3, 0.4) is 0 Å². The first-order valence-electron chi connectivity index (χ1n) is 8.68. The third-order valence-electron chi connectivity index (χ3n) is 5.11. The van der Waals surface area contributed by atoms with E-state index in [-0.39, 0.29) is 17.9 Å². The molecule has 6 nitrogen and oxygen atoms in total. The zero-order chi connectivity index (χ0) is 16.3. The molecule has 2 amide bonds. The minimum absolute atomic E-state index is 0.101. The first kappa shape index (κ1) is 16.0. The van der Waals surface area contributed by atoms with E-state index >= 15 is 0 Å². The molecule has 1 atom stereocenters. The number of nitrogens with one attached hydrogen (secondary N) is 1. The van der Waals surface area contributed by atoms with Gasteiger partial charge in [0.1, 0.15) is 5.54 Å². The van der Waals surface area contributed by atoms with Crippen molar-refractivity contribution in [3.05, 3.63) is 18.5 Å². The van der Waals surface area contributed by atoms with E-state index in [0.717, 1.165) is 51.5 Å². The lowest BCUT2D eigenvalue weighted by Crippen LogP contribution is -2.61. The van der Waals surface area contributed by atoms with Crippen LogP contribution in [-0.4, -0.2) is 45.1 Å². The zero-order valence-electron chi connectivity index (χ0n) is 13.8. The number of carbonyl (C=O) groups is 2. The molecule has 2 aliphatic rings. The van der Waals surface area contributed by atoms with E-state index < -0.39 is 5.54 Å². The van der Waals surface area contributed by atoms with Gasteiger partial charge in [-0.1, -0.05) is 19.3 Å². The maximum absolute atomic E-state index is 13.2. The summed E-state index contributed by atoms with van der Waals surface area (Å²) in [6.45, 7) is 2.96. The molecule has 1 aliphatic heterocycles. The van der Waals surface area contributed by atoms with E-state index in [1.54, 1.807) is 6.20 Å². The maximum Gasteiger partial charge on any atom is 0.248 e. The van der Waals surface area contributed by atoms with Gasteiger partial charge in [0.05, 0.1) is 6.04 Å². The molecule has 1 saturated heterocycles. The Labute approximate surface area is 137 Å². The second-order valence-corrected chi connectivity index (χ2v) is 6.86. The largest absolute Gasteiger partial charge is 0.342 e. The molecular weight excluding hydrogens is 292 g/mol. The van der Waals surface area contributed by atoms with Crippen LogP contribution in [0.25, 0.3) is 0 Å². The first-order valence-corrected chi connectivity index (χ1v) is 8.68. The van der Waals surface area contributed by atoms with Crippen LogP contribution in [0, 0.1) is 0 Å². The number of hydrogen-bond acceptors (Lipinski definition) is 3. The molecule has 0 aromatic carbocycles. The van der Waals surface area contributed by atoms with E-state index in [1.807, 2.05) is 21.8 Å². The van der Waals surface area contributed by atoms with Crippen molar-refractivity contribution in [3.8, 4) is 0 Å². The van der Waals surface area contributed by atoms with Crippen molar-refractivity contribution in [2.24, 2.45) is 0 Å². The molecule has 1 aliphatic carbocycles. The molecule has 0 radical (unpaired) electrons. The smallest absolute Gasteiger partial charge is 0.248 e. The van der Waals surface area contributed by atoms with Gasteiger partial charge in [-0.15, -0.1) is 0 Å². The average Bonchev–Trinajstić information content (AvgIpc) is 3.09. The summed E-state index contributed by atoms with van der Waals surface area (Å²) in [5.74, 6) is -0.00913. The van der Waals surface area contributed by atoms with Crippen LogP contribution in [0.4, 0.5) is 0 Å². The second-order valence-electron chi connectivity index (χ2n) is 6.86. The van der Waals surface area contributed by atoms with Crippen LogP contribution >= 0.6 is 0 Å². The summed E-state index contributed by atoms with van der Waals surface area (Å²) in [6.07, 6.45) is 10.4. The van der Waals surface area contributed by atoms with Crippen LogP contribution in [0.15, 0.2) is 18.5 Å². The fourth-order valence-corrected chi connectivity index (χ4v) is 4.04. The summed E-state index contributed by atoms with van der Waals surface area (Å²) in [6, 6.07) is 2.15. The number of nitrogens with zero attached hydrogens (tertiary/aromatic N) is 3. The fourth-order valence-electron chi connectivity index (χ4n) is 4.04. The number of likely N-dealkylation sites (tertiary alicyclic amines) is 1. The van der Waals surface area contributed by atoms with Gasteiger partial charge in [-0.2, -0.15) is 5.10 Å². The predicted octanol–water partition coefficient (Wildman–Crippen LogP) is 1.89. The monoisotopic (exact) mass is 318 g/mol. The zero-order valence-corrected chi connectivity index (χ0v) is 13.8. The highest BCUT2D eigenvalue weighted by Gasteiger charge is 2.43. The van der Waals surface area contributed by atoms with Gasteiger partial charge in [0, 0.05) is 32.4 Å². The lowest BCUT2D eigenvalue weighted by atomic mass is 9.80. The SMILES string of the molecule is CC(=O)NC1(C(=O)N2CCC[C@@H](n3cccn3)C2)CCCCC1. The van der Waals surface area contributed by atoms with Crippen molar-refractivity contribution in [1.82, 2.24) is 20.0 Å². The summed E-state index contributed by atoms with van der Waals surface area (Å²) >= 11 is 0. The van der Waals surface area contributed by atoms with E-state index in [0.29, 0.717) is 6.54 Å². The molecule has 2 heterocycles. The van der Waals surface area contributed by atoms with Gasteiger partial charge in [-0.05, 0) is 31.7 Å². The number of aromatic nitrogens is 2. The Morgan fingerprint density at radius 2 is 2.00 bits per heavy atom. The van der Waals surface area contributed by atoms with Gasteiger partial charge in [0.2, 0.25) is 11.8 Å². The molecule has 1 aromatic heterocycles. The highest BCUT2D eigenvalue weighted by atomic mass is 16.2. The van der Waals surface area contributed by atoms with Crippen molar-refractivity contribution in [2.45, 2.75) is 63.5 Å². The summed E-state index contributed by atoms with van der Waals surface area (Å²) in [7, 11) is 0. The number of carbonyl (C=O) groups excluding carboxylic acids is 2. The number of hydrogen-bond donors (Lipinski definition) is 1. The highest BCUT2D eigenvalue weighted by Crippen LogP contribution is 2.32. The molecule has 6 heteroatoms. The van der Waals surface area contributed by atoms with E-state index in [2.05, 4.69) is 10.4 Å². The Bertz CT molecular complexity index is 549. The highest BCUT2D eigenvalue weighted by molar-refractivity contribution is 5.91. The average molecular weight is 318 g/mol. The quantitative estimate of drug-likeness (QED) is 0.925. The molecule has 0 spiro atoms. The Hall–Kier alpha value is -1.85. The van der Waals surface area contributed by atoms with E-state index in [1.165, 1.54) is 6.92 Å². The Morgan fingerprint density at radius 3 is 2.65 bits per heavy atom. The predicted molar refractivity (Wildman–Crippen MR) is 86.7 cm³/mol. The van der Waals surface area contributed by atoms with Gasteiger partial charge in [0.25, 0.3) is 0 Å². The Balaban J connectivity index is 1.75. The number of piperidine rings is 1. The van der Waals surface area contributed by atoms with Crippen molar-refractivity contribution >= 4 is 11.8 Å². The topological polar surface area (TPSA) is 67.2 Å². The van der Waals surface area contributed by atoms with Crippen molar-refractivity contribution < 1.29 is 9.59 Å². The molecule has 23 heavy (non-hydrogen) atoms. The molecule has 126 valence electrons. The fraction of sp³-hybridized carbons (Fsp3) is 0.706. The van der Waals surface area contributed by atoms with Crippen LogP contribution in [0.5, 0.6) is 0 Å². The summed E-state index contributed by atoms with van der Waals surface area (Å²) < 4.78 is 1.95. The van der Waals surface area contributed by atoms with Gasteiger partial charge >= 0.3 is 0 Å². The lowest BCUT2D eigenvalue weighted by molar-refractivity contribution is -0.144. The summed E-state index contributed by atoms with van der Waals surface area (Å²) in [5, 5.41) is 7.31. The van der Waals surface area contributed by atoms with Gasteiger partial charge in [0.15, 0.2) is 0 Å². The van der Waals surface area contributed by atoms with Crippen molar-refractivity contribution in [2.75, 3.05) is 13.1 Å². The third kappa shape index (κ3) is 3.41. The van der Waals surface area contributed by atoms with Crippen LogP contribution in [-0.2, 0) is 9.59 Å². The normalized spacial score (nSPS) is 24.2.